The number of amides is 3. The number of carbonyl (C=O) groups excluding carboxylic acids is 3. The molecule has 45 heavy (non-hydrogen) atoms. The lowest BCUT2D eigenvalue weighted by molar-refractivity contribution is -0.142. The predicted octanol–water partition coefficient (Wildman–Crippen LogP) is 0.650. The van der Waals surface area contributed by atoms with E-state index in [2.05, 4.69) is 30.9 Å². The quantitative estimate of drug-likeness (QED) is 0.0880. The fourth-order valence-corrected chi connectivity index (χ4v) is 4.84. The van der Waals surface area contributed by atoms with Crippen LogP contribution in [0.1, 0.15) is 29.7 Å². The van der Waals surface area contributed by atoms with Gasteiger partial charge >= 0.3 is 11.9 Å². The molecule has 0 saturated heterocycles. The molecule has 0 aliphatic rings. The molecule has 0 saturated carbocycles. The highest BCUT2D eigenvalue weighted by Gasteiger charge is 2.31. The topological polar surface area (TPSA) is 232 Å². The van der Waals surface area contributed by atoms with Crippen LogP contribution in [0.2, 0.25) is 0 Å². The average molecular weight is 618 g/mol. The molecule has 236 valence electrons. The van der Waals surface area contributed by atoms with E-state index >= 15 is 0 Å². The Morgan fingerprint density at radius 2 is 1.42 bits per heavy atom. The lowest BCUT2D eigenvalue weighted by Gasteiger charge is -2.25. The van der Waals surface area contributed by atoms with E-state index in [-0.39, 0.29) is 32.1 Å². The average Bonchev–Trinajstić information content (AvgIpc) is 3.69. The van der Waals surface area contributed by atoms with E-state index < -0.39 is 53.8 Å². The van der Waals surface area contributed by atoms with Crippen LogP contribution >= 0.6 is 0 Å². The summed E-state index contributed by atoms with van der Waals surface area (Å²) in [6, 6.07) is 11.3. The molecule has 9 N–H and O–H groups in total. The molecular weight excluding hydrogens is 582 g/mol. The lowest BCUT2D eigenvalue weighted by Crippen LogP contribution is -2.58. The van der Waals surface area contributed by atoms with Gasteiger partial charge in [0.05, 0.1) is 12.4 Å². The number of H-pyrrole nitrogens is 2. The van der Waals surface area contributed by atoms with Gasteiger partial charge in [-0.15, -0.1) is 0 Å². The summed E-state index contributed by atoms with van der Waals surface area (Å²) in [5.74, 6) is -4.58. The zero-order valence-electron chi connectivity index (χ0n) is 24.2. The second-order valence-corrected chi connectivity index (χ2v) is 10.6. The van der Waals surface area contributed by atoms with Crippen molar-refractivity contribution in [3.05, 3.63) is 90.1 Å². The number of rotatable bonds is 16. The van der Waals surface area contributed by atoms with Crippen molar-refractivity contribution in [2.75, 3.05) is 0 Å². The predicted molar refractivity (Wildman–Crippen MR) is 163 cm³/mol. The van der Waals surface area contributed by atoms with Crippen molar-refractivity contribution in [2.24, 2.45) is 5.73 Å². The van der Waals surface area contributed by atoms with E-state index in [1.54, 1.807) is 36.5 Å². The van der Waals surface area contributed by atoms with E-state index in [9.17, 15) is 29.1 Å². The van der Waals surface area contributed by atoms with Crippen LogP contribution < -0.4 is 21.7 Å². The van der Waals surface area contributed by atoms with Crippen molar-refractivity contribution < 1.29 is 34.2 Å². The summed E-state index contributed by atoms with van der Waals surface area (Å²) in [7, 11) is 0. The molecule has 4 rings (SSSR count). The standard InChI is InChI=1S/C31H35N7O7/c32-22(10-11-27(39)40)28(41)36-24(12-18-6-2-1-3-7-18)29(42)37-25(13-19-15-34-23-9-5-4-8-21(19)23)30(43)38-26(31(44)45)14-20-16-33-17-35-20/h1-9,15-17,22,24-26,34H,10-14,32H2,(H,33,35)(H,36,41)(H,37,42)(H,38,43)(H,39,40)(H,44,45). The van der Waals surface area contributed by atoms with Gasteiger partial charge in [-0.1, -0.05) is 48.5 Å². The first-order valence-corrected chi connectivity index (χ1v) is 14.3. The Hall–Kier alpha value is -5.50. The molecule has 4 unspecified atom stereocenters. The van der Waals surface area contributed by atoms with E-state index in [1.165, 1.54) is 12.5 Å². The molecule has 14 heteroatoms. The molecule has 0 aliphatic heterocycles. The van der Waals surface area contributed by atoms with E-state index in [1.807, 2.05) is 24.3 Å². The first-order chi connectivity index (χ1) is 21.6. The maximum Gasteiger partial charge on any atom is 0.326 e. The van der Waals surface area contributed by atoms with Crippen LogP contribution in [0.3, 0.4) is 0 Å². The molecule has 0 aliphatic carbocycles. The van der Waals surface area contributed by atoms with Gasteiger partial charge < -0.3 is 41.9 Å². The van der Waals surface area contributed by atoms with Crippen LogP contribution in [0, 0.1) is 0 Å². The number of nitrogens with two attached hydrogens (primary N) is 1. The SMILES string of the molecule is NC(CCC(=O)O)C(=O)NC(Cc1ccccc1)C(=O)NC(Cc1c[nH]c2ccccc12)C(=O)NC(Cc1cnc[nH]1)C(=O)O. The van der Waals surface area contributed by atoms with Gasteiger partial charge in [0, 0.05) is 54.7 Å². The van der Waals surface area contributed by atoms with Gasteiger partial charge in [-0.25, -0.2) is 9.78 Å². The van der Waals surface area contributed by atoms with Gasteiger partial charge in [0.15, 0.2) is 0 Å². The van der Waals surface area contributed by atoms with Crippen LogP contribution in [0.4, 0.5) is 0 Å². The number of benzene rings is 2. The maximum atomic E-state index is 13.8. The van der Waals surface area contributed by atoms with Crippen molar-refractivity contribution in [3.8, 4) is 0 Å². The Morgan fingerprint density at radius 1 is 0.778 bits per heavy atom. The fraction of sp³-hybridized carbons (Fsp3) is 0.290. The fourth-order valence-electron chi connectivity index (χ4n) is 4.84. The number of carbonyl (C=O) groups is 5. The molecule has 3 amide bonds. The Labute approximate surface area is 257 Å². The molecular formula is C31H35N7O7. The molecule has 2 aromatic heterocycles. The van der Waals surface area contributed by atoms with Crippen LogP contribution in [0.25, 0.3) is 10.9 Å². The number of hydrogen-bond donors (Lipinski definition) is 8. The highest BCUT2D eigenvalue weighted by molar-refractivity contribution is 5.95. The maximum absolute atomic E-state index is 13.8. The van der Waals surface area contributed by atoms with E-state index in [4.69, 9.17) is 10.8 Å². The summed E-state index contributed by atoms with van der Waals surface area (Å²) in [5.41, 5.74) is 8.61. The number of nitrogens with zero attached hydrogens (tertiary/aromatic N) is 1. The van der Waals surface area contributed by atoms with E-state index in [0.717, 1.165) is 10.9 Å². The summed E-state index contributed by atoms with van der Waals surface area (Å²) in [5, 5.41) is 27.4. The number of hydrogen-bond acceptors (Lipinski definition) is 7. The number of aromatic amines is 2. The van der Waals surface area contributed by atoms with E-state index in [0.29, 0.717) is 16.8 Å². The van der Waals surface area contributed by atoms with Crippen molar-refractivity contribution >= 4 is 40.6 Å². The van der Waals surface area contributed by atoms with Gasteiger partial charge in [-0.3, -0.25) is 19.2 Å². The number of fused-ring (bicyclic) bond motifs is 1. The molecule has 4 aromatic rings. The van der Waals surface area contributed by atoms with Crippen molar-refractivity contribution in [1.29, 1.82) is 0 Å². The number of aromatic nitrogens is 3. The van der Waals surface area contributed by atoms with Crippen molar-refractivity contribution in [2.45, 2.75) is 56.3 Å². The van der Waals surface area contributed by atoms with Gasteiger partial charge in [0.1, 0.15) is 18.1 Å². The first kappa shape index (κ1) is 32.4. The third kappa shape index (κ3) is 9.24. The molecule has 14 nitrogen and oxygen atoms in total. The number of carboxylic acid groups (broad SMARTS) is 2. The molecule has 0 radical (unpaired) electrons. The van der Waals surface area contributed by atoms with Gasteiger partial charge in [0.25, 0.3) is 0 Å². The van der Waals surface area contributed by atoms with Crippen molar-refractivity contribution in [1.82, 2.24) is 30.9 Å². The van der Waals surface area contributed by atoms with Gasteiger partial charge in [0.2, 0.25) is 17.7 Å². The number of carboxylic acids is 2. The zero-order valence-corrected chi connectivity index (χ0v) is 24.2. The summed E-state index contributed by atoms with van der Waals surface area (Å²) >= 11 is 0. The highest BCUT2D eigenvalue weighted by Crippen LogP contribution is 2.19. The molecule has 0 fully saturated rings. The monoisotopic (exact) mass is 617 g/mol. The van der Waals surface area contributed by atoms with Crippen LogP contribution in [-0.4, -0.2) is 79.0 Å². The molecule has 2 heterocycles. The third-order valence-corrected chi connectivity index (χ3v) is 7.25. The Balaban J connectivity index is 1.59. The molecule has 2 aromatic carbocycles. The number of para-hydroxylation sites is 1. The van der Waals surface area contributed by atoms with Crippen LogP contribution in [0.5, 0.6) is 0 Å². The largest absolute Gasteiger partial charge is 0.481 e. The lowest BCUT2D eigenvalue weighted by atomic mass is 10.0. The minimum atomic E-state index is -1.33. The van der Waals surface area contributed by atoms with Crippen LogP contribution in [-0.2, 0) is 43.2 Å². The Morgan fingerprint density at radius 3 is 2.09 bits per heavy atom. The summed E-state index contributed by atoms with van der Waals surface area (Å²) in [6.07, 6.45) is 4.05. The third-order valence-electron chi connectivity index (χ3n) is 7.25. The molecule has 0 bridgehead atoms. The van der Waals surface area contributed by atoms with Gasteiger partial charge in [-0.05, 0) is 23.6 Å². The second-order valence-electron chi connectivity index (χ2n) is 10.6. The Bertz CT molecular complexity index is 1620. The normalized spacial score (nSPS) is 13.7. The second kappa shape index (κ2) is 15.3. The first-order valence-electron chi connectivity index (χ1n) is 14.3. The smallest absolute Gasteiger partial charge is 0.326 e. The summed E-state index contributed by atoms with van der Waals surface area (Å²) < 4.78 is 0. The highest BCUT2D eigenvalue weighted by atomic mass is 16.4. The van der Waals surface area contributed by atoms with Crippen LogP contribution in [0.15, 0.2) is 73.3 Å². The minimum Gasteiger partial charge on any atom is -0.481 e. The summed E-state index contributed by atoms with van der Waals surface area (Å²) in [6.45, 7) is 0. The number of imidazole rings is 1. The minimum absolute atomic E-state index is 0.00210. The van der Waals surface area contributed by atoms with Gasteiger partial charge in [-0.2, -0.15) is 0 Å². The molecule has 4 atom stereocenters. The van der Waals surface area contributed by atoms with Crippen molar-refractivity contribution in [3.63, 3.8) is 0 Å². The number of nitrogens with one attached hydrogen (secondary N) is 5. The number of aliphatic carboxylic acids is 2. The zero-order chi connectivity index (χ0) is 32.3. The Kier molecular flexibility index (Phi) is 11.0. The summed E-state index contributed by atoms with van der Waals surface area (Å²) in [4.78, 5) is 73.2. The molecule has 0 spiro atoms.